The van der Waals surface area contributed by atoms with E-state index in [1.807, 2.05) is 36.9 Å². The van der Waals surface area contributed by atoms with Crippen molar-refractivity contribution in [2.75, 3.05) is 73.0 Å². The van der Waals surface area contributed by atoms with Crippen molar-refractivity contribution in [2.24, 2.45) is 10.8 Å². The zero-order chi connectivity index (χ0) is 38.3. The van der Waals surface area contributed by atoms with Crippen LogP contribution >= 0.6 is 0 Å². The van der Waals surface area contributed by atoms with Gasteiger partial charge in [0, 0.05) is 86.8 Å². The van der Waals surface area contributed by atoms with Gasteiger partial charge in [-0.3, -0.25) is 0 Å². The summed E-state index contributed by atoms with van der Waals surface area (Å²) in [5, 5.41) is 6.64. The van der Waals surface area contributed by atoms with Crippen LogP contribution in [0.15, 0.2) is 61.7 Å². The molecule has 4 fully saturated rings. The smallest absolute Gasteiger partial charge is 0.227 e. The quantitative estimate of drug-likeness (QED) is 0.177. The highest BCUT2D eigenvalue weighted by Gasteiger charge is 2.43. The van der Waals surface area contributed by atoms with Crippen LogP contribution in [0.3, 0.4) is 0 Å². The zero-order valence-electron chi connectivity index (χ0n) is 32.6. The molecule has 0 amide bonds. The van der Waals surface area contributed by atoms with Gasteiger partial charge in [-0.1, -0.05) is 0 Å². The summed E-state index contributed by atoms with van der Waals surface area (Å²) in [6.07, 6.45) is 15.5. The predicted molar refractivity (Wildman–Crippen MR) is 216 cm³/mol. The molecule has 0 unspecified atom stereocenters. The minimum Gasteiger partial charge on any atom is -0.381 e. The zero-order valence-corrected chi connectivity index (χ0v) is 32.6. The number of ether oxygens (including phenoxy) is 2. The third kappa shape index (κ3) is 7.30. The molecule has 0 aromatic carbocycles. The average Bonchev–Trinajstić information content (AvgIpc) is 4.07. The number of imidazole rings is 2. The molecule has 2 spiro atoms. The number of nitrogens with zero attached hydrogens (tertiary/aromatic N) is 12. The Morgan fingerprint density at radius 3 is 1.46 bits per heavy atom. The van der Waals surface area contributed by atoms with Crippen LogP contribution in [0.4, 0.5) is 35.2 Å². The van der Waals surface area contributed by atoms with Gasteiger partial charge in [-0.15, -0.1) is 0 Å². The van der Waals surface area contributed by atoms with Gasteiger partial charge in [0.15, 0.2) is 0 Å². The Labute approximate surface area is 326 Å². The van der Waals surface area contributed by atoms with E-state index in [4.69, 9.17) is 19.4 Å². The van der Waals surface area contributed by atoms with Crippen molar-refractivity contribution in [3.63, 3.8) is 0 Å². The van der Waals surface area contributed by atoms with Crippen molar-refractivity contribution in [3.8, 4) is 0 Å². The largest absolute Gasteiger partial charge is 0.381 e. The monoisotopic (exact) mass is 758 g/mol. The van der Waals surface area contributed by atoms with Crippen molar-refractivity contribution < 1.29 is 9.47 Å². The van der Waals surface area contributed by atoms with Crippen molar-refractivity contribution in [2.45, 2.75) is 65.5 Å². The Morgan fingerprint density at radius 1 is 0.589 bits per heavy atom. The number of anilines is 6. The normalized spacial score (nSPS) is 22.0. The van der Waals surface area contributed by atoms with E-state index in [1.54, 1.807) is 24.8 Å². The van der Waals surface area contributed by atoms with Crippen LogP contribution in [0.1, 0.15) is 65.5 Å². The van der Waals surface area contributed by atoms with E-state index in [0.29, 0.717) is 12.1 Å². The highest BCUT2D eigenvalue weighted by molar-refractivity contribution is 5.79. The number of nitrogens with one attached hydrogen (secondary N) is 2. The summed E-state index contributed by atoms with van der Waals surface area (Å²) in [5.74, 6) is 4.53. The fraction of sp³-hybridized carbons (Fsp3) is 0.500. The maximum absolute atomic E-state index is 5.63. The molecule has 6 aromatic heterocycles. The molecule has 0 aliphatic carbocycles. The van der Waals surface area contributed by atoms with Crippen LogP contribution in [0.2, 0.25) is 0 Å². The van der Waals surface area contributed by atoms with Crippen molar-refractivity contribution in [1.82, 2.24) is 49.0 Å². The number of rotatable bonds is 8. The molecule has 4 saturated heterocycles. The van der Waals surface area contributed by atoms with E-state index < -0.39 is 0 Å². The molecule has 10 rings (SSSR count). The highest BCUT2D eigenvalue weighted by atomic mass is 16.5. The second-order valence-corrected chi connectivity index (χ2v) is 16.3. The fourth-order valence-electron chi connectivity index (χ4n) is 8.38. The summed E-state index contributed by atoms with van der Waals surface area (Å²) in [5.41, 5.74) is 4.48. The molecule has 0 saturated carbocycles. The van der Waals surface area contributed by atoms with E-state index in [-0.39, 0.29) is 10.8 Å². The molecule has 6 aromatic rings. The number of fused-ring (bicyclic) bond motifs is 2. The van der Waals surface area contributed by atoms with Crippen LogP contribution in [0, 0.1) is 10.8 Å². The molecule has 16 nitrogen and oxygen atoms in total. The second kappa shape index (κ2) is 14.9. The van der Waals surface area contributed by atoms with Gasteiger partial charge >= 0.3 is 0 Å². The highest BCUT2D eigenvalue weighted by Crippen LogP contribution is 2.40. The van der Waals surface area contributed by atoms with Gasteiger partial charge in [0.1, 0.15) is 34.3 Å². The number of aromatic nitrogens is 10. The standard InChI is InChI=1S/2C20H25N7O/c2*1-14(2)27-13-23-15-10-22-18(9-16(15)27)24-17-3-6-21-19(25-17)26-7-4-20(11-26)5-8-28-12-20/h2*3,6,9-10,13-14H,4-5,7-8,11-12H2,1-2H3,(H,21,22,24,25)/t2*20-/m10/s1. The van der Waals surface area contributed by atoms with Crippen LogP contribution in [0.25, 0.3) is 22.1 Å². The van der Waals surface area contributed by atoms with Gasteiger partial charge in [-0.25, -0.2) is 29.9 Å². The number of hydrogen-bond acceptors (Lipinski definition) is 14. The Hall–Kier alpha value is -5.48. The molecule has 0 radical (unpaired) electrons. The van der Waals surface area contributed by atoms with Gasteiger partial charge in [0.05, 0.1) is 49.3 Å². The first-order valence-electron chi connectivity index (χ1n) is 19.7. The predicted octanol–water partition coefficient (Wildman–Crippen LogP) is 6.33. The van der Waals surface area contributed by atoms with E-state index in [1.165, 1.54) is 0 Å². The minimum absolute atomic E-state index is 0.286. The van der Waals surface area contributed by atoms with Crippen molar-refractivity contribution in [1.29, 1.82) is 0 Å². The third-order valence-electron chi connectivity index (χ3n) is 11.6. The molecule has 4 aliphatic rings. The fourth-order valence-corrected chi connectivity index (χ4v) is 8.38. The molecule has 2 atom stereocenters. The molecule has 16 heteroatoms. The summed E-state index contributed by atoms with van der Waals surface area (Å²) in [4.78, 5) is 40.8. The molecular formula is C40H50N14O2. The van der Waals surface area contributed by atoms with Gasteiger partial charge < -0.3 is 39.0 Å². The Morgan fingerprint density at radius 2 is 1.05 bits per heavy atom. The molecule has 0 bridgehead atoms. The second-order valence-electron chi connectivity index (χ2n) is 16.3. The average molecular weight is 759 g/mol. The van der Waals surface area contributed by atoms with Crippen LogP contribution in [-0.2, 0) is 9.47 Å². The first kappa shape index (κ1) is 36.2. The lowest BCUT2D eigenvalue weighted by Crippen LogP contribution is -2.28. The summed E-state index contributed by atoms with van der Waals surface area (Å²) >= 11 is 0. The molecule has 56 heavy (non-hydrogen) atoms. The van der Waals surface area contributed by atoms with E-state index in [0.717, 1.165) is 136 Å². The van der Waals surface area contributed by atoms with Gasteiger partial charge in [-0.05, 0) is 65.5 Å². The van der Waals surface area contributed by atoms with Crippen LogP contribution in [0.5, 0.6) is 0 Å². The van der Waals surface area contributed by atoms with Crippen LogP contribution in [-0.4, -0.2) is 102 Å². The first-order valence-corrected chi connectivity index (χ1v) is 19.7. The maximum atomic E-state index is 5.63. The summed E-state index contributed by atoms with van der Waals surface area (Å²) < 4.78 is 15.5. The molecule has 292 valence electrons. The van der Waals surface area contributed by atoms with Gasteiger partial charge in [-0.2, -0.15) is 9.97 Å². The topological polar surface area (TPSA) is 162 Å². The first-order chi connectivity index (χ1) is 27.2. The summed E-state index contributed by atoms with van der Waals surface area (Å²) in [7, 11) is 0. The SMILES string of the molecule is CC(C)n1cnc2cnc(Nc3ccnc(N4CC[C@@]5(CCOC5)C4)n3)cc21.CC(C)n1cnc2cnc(Nc3ccnc(N4CC[C@]5(CCOC5)C4)n3)cc21. The van der Waals surface area contributed by atoms with Gasteiger partial charge in [0.25, 0.3) is 0 Å². The molecule has 4 aliphatic heterocycles. The maximum Gasteiger partial charge on any atom is 0.227 e. The Bertz CT molecular complexity index is 2150. The lowest BCUT2D eigenvalue weighted by atomic mass is 9.87. The lowest BCUT2D eigenvalue weighted by molar-refractivity contribution is 0.160. The Kier molecular flexibility index (Phi) is 9.61. The van der Waals surface area contributed by atoms with E-state index >= 15 is 0 Å². The molecular weight excluding hydrogens is 709 g/mol. The lowest BCUT2D eigenvalue weighted by Gasteiger charge is -2.22. The molecule has 10 heterocycles. The number of hydrogen-bond donors (Lipinski definition) is 2. The van der Waals surface area contributed by atoms with E-state index in [2.05, 4.69) is 87.2 Å². The van der Waals surface area contributed by atoms with Crippen LogP contribution < -0.4 is 20.4 Å². The minimum atomic E-state index is 0.286. The summed E-state index contributed by atoms with van der Waals surface area (Å²) in [6, 6.07) is 8.47. The van der Waals surface area contributed by atoms with E-state index in [9.17, 15) is 0 Å². The third-order valence-corrected chi connectivity index (χ3v) is 11.6. The molecule has 2 N–H and O–H groups in total. The van der Waals surface area contributed by atoms with Crippen molar-refractivity contribution in [3.05, 3.63) is 61.7 Å². The summed E-state index contributed by atoms with van der Waals surface area (Å²) in [6.45, 7) is 15.9. The van der Waals surface area contributed by atoms with Gasteiger partial charge in [0.2, 0.25) is 11.9 Å². The number of pyridine rings is 2. The Balaban J connectivity index is 0.000000146. The van der Waals surface area contributed by atoms with Crippen molar-refractivity contribution >= 4 is 57.2 Å².